The summed E-state index contributed by atoms with van der Waals surface area (Å²) in [6, 6.07) is -0.639. The second-order valence-electron chi connectivity index (χ2n) is 16.1. The number of allylic oxidation sites excluding steroid dienone is 9. The lowest BCUT2D eigenvalue weighted by Crippen LogP contribution is -2.45. The van der Waals surface area contributed by atoms with Gasteiger partial charge >= 0.3 is 5.97 Å². The van der Waals surface area contributed by atoms with Crippen LogP contribution in [0.1, 0.15) is 226 Å². The molecule has 330 valence electrons. The molecule has 0 rings (SSSR count). The molecule has 0 aliphatic rings. The molecule has 0 fully saturated rings. The highest BCUT2D eigenvalue weighted by Gasteiger charge is 2.18. The number of carbonyl (C=O) groups excluding carboxylic acids is 2. The first-order chi connectivity index (χ1) is 28.0. The number of rotatable bonds is 43. The quantitative estimate of drug-likeness (QED) is 0.0324. The van der Waals surface area contributed by atoms with Crippen LogP contribution in [-0.2, 0) is 14.3 Å². The number of hydrogen-bond acceptors (Lipinski definition) is 5. The summed E-state index contributed by atoms with van der Waals surface area (Å²) in [6.45, 7) is 4.76. The Labute approximate surface area is 352 Å². The van der Waals surface area contributed by atoms with Gasteiger partial charge in [-0.05, 0) is 96.3 Å². The normalized spacial score (nSPS) is 13.3. The van der Waals surface area contributed by atoms with Gasteiger partial charge in [0.2, 0.25) is 5.91 Å². The van der Waals surface area contributed by atoms with Gasteiger partial charge in [-0.3, -0.25) is 9.59 Å². The molecule has 0 saturated heterocycles. The van der Waals surface area contributed by atoms with Crippen molar-refractivity contribution in [3.8, 4) is 0 Å². The molecule has 0 radical (unpaired) electrons. The number of unbranched alkanes of at least 4 members (excludes halogenated alkanes) is 24. The molecular weight excluding hydrogens is 707 g/mol. The molecule has 2 unspecified atom stereocenters. The largest absolute Gasteiger partial charge is 0.466 e. The van der Waals surface area contributed by atoms with E-state index in [9.17, 15) is 19.8 Å². The molecule has 3 N–H and O–H groups in total. The van der Waals surface area contributed by atoms with E-state index in [-0.39, 0.29) is 18.5 Å². The van der Waals surface area contributed by atoms with Crippen LogP contribution in [-0.4, -0.2) is 47.4 Å². The monoisotopic (exact) mass is 798 g/mol. The summed E-state index contributed by atoms with van der Waals surface area (Å²) >= 11 is 0. The van der Waals surface area contributed by atoms with E-state index in [1.807, 2.05) is 6.08 Å². The summed E-state index contributed by atoms with van der Waals surface area (Å²) in [5.74, 6) is -0.123. The third-order valence-electron chi connectivity index (χ3n) is 10.5. The number of ether oxygens (including phenoxy) is 1. The smallest absolute Gasteiger partial charge is 0.305 e. The molecular formula is C51H91NO5. The first kappa shape index (κ1) is 54.6. The molecule has 57 heavy (non-hydrogen) atoms. The van der Waals surface area contributed by atoms with Crippen molar-refractivity contribution in [3.05, 3.63) is 60.8 Å². The lowest BCUT2D eigenvalue weighted by molar-refractivity contribution is -0.143. The van der Waals surface area contributed by atoms with Gasteiger partial charge in [-0.25, -0.2) is 0 Å². The Morgan fingerprint density at radius 2 is 0.895 bits per heavy atom. The van der Waals surface area contributed by atoms with Gasteiger partial charge in [0, 0.05) is 12.8 Å². The predicted octanol–water partition coefficient (Wildman–Crippen LogP) is 14.1. The fourth-order valence-electron chi connectivity index (χ4n) is 6.74. The number of amides is 1. The Morgan fingerprint density at radius 1 is 0.491 bits per heavy atom. The van der Waals surface area contributed by atoms with Crippen molar-refractivity contribution >= 4 is 11.9 Å². The van der Waals surface area contributed by atoms with E-state index in [0.717, 1.165) is 96.3 Å². The van der Waals surface area contributed by atoms with Crippen molar-refractivity contribution in [2.24, 2.45) is 0 Å². The third-order valence-corrected chi connectivity index (χ3v) is 10.5. The minimum absolute atomic E-state index is 0.0328. The molecule has 2 atom stereocenters. The molecule has 0 aromatic carbocycles. The Bertz CT molecular complexity index is 1020. The van der Waals surface area contributed by atoms with E-state index in [4.69, 9.17) is 4.74 Å². The molecule has 0 saturated carbocycles. The third kappa shape index (κ3) is 43.0. The van der Waals surface area contributed by atoms with Crippen LogP contribution >= 0.6 is 0 Å². The lowest BCUT2D eigenvalue weighted by Gasteiger charge is -2.20. The minimum atomic E-state index is -0.854. The zero-order valence-electron chi connectivity index (χ0n) is 37.3. The van der Waals surface area contributed by atoms with Crippen molar-refractivity contribution in [2.75, 3.05) is 13.2 Å². The molecule has 0 aromatic rings. The van der Waals surface area contributed by atoms with Gasteiger partial charge in [-0.1, -0.05) is 177 Å². The fraction of sp³-hybridized carbons (Fsp3) is 0.765. The van der Waals surface area contributed by atoms with E-state index in [1.54, 1.807) is 6.08 Å². The van der Waals surface area contributed by atoms with E-state index < -0.39 is 12.1 Å². The topological polar surface area (TPSA) is 95.9 Å². The van der Waals surface area contributed by atoms with Crippen molar-refractivity contribution in [1.82, 2.24) is 5.32 Å². The molecule has 0 spiro atoms. The molecule has 0 bridgehead atoms. The standard InChI is InChI=1S/C51H91NO5/c1-3-5-7-9-11-13-14-15-22-25-29-33-37-41-45-51(56)57-46-42-38-34-30-26-23-20-18-16-17-19-21-24-28-32-36-40-44-50(55)52-48(47-53)49(54)43-39-35-31-27-12-10-8-6-4-2/h9,11,14-16,18,23,26,39,43,48-49,53-54H,3-8,10,12-13,17,19-22,24-25,27-38,40-42,44-47H2,1-2H3,(H,52,55)/b11-9-,15-14-,18-16-,26-23-,43-39+. The molecule has 0 aliphatic carbocycles. The molecule has 6 heteroatoms. The molecule has 6 nitrogen and oxygen atoms in total. The number of aliphatic hydroxyl groups is 2. The highest BCUT2D eigenvalue weighted by Crippen LogP contribution is 2.13. The summed E-state index contributed by atoms with van der Waals surface area (Å²) in [5.41, 5.74) is 0. The van der Waals surface area contributed by atoms with Gasteiger partial charge in [0.05, 0.1) is 25.4 Å². The molecule has 0 aliphatic heterocycles. The highest BCUT2D eigenvalue weighted by atomic mass is 16.5. The molecule has 0 heterocycles. The van der Waals surface area contributed by atoms with E-state index in [0.29, 0.717) is 19.4 Å². The van der Waals surface area contributed by atoms with Crippen LogP contribution in [0.3, 0.4) is 0 Å². The van der Waals surface area contributed by atoms with Crippen LogP contribution in [0, 0.1) is 0 Å². The van der Waals surface area contributed by atoms with Crippen molar-refractivity contribution in [3.63, 3.8) is 0 Å². The van der Waals surface area contributed by atoms with Crippen molar-refractivity contribution < 1.29 is 24.5 Å². The first-order valence-electron chi connectivity index (χ1n) is 24.1. The van der Waals surface area contributed by atoms with Crippen LogP contribution in [0.4, 0.5) is 0 Å². The van der Waals surface area contributed by atoms with E-state index in [1.165, 1.54) is 103 Å². The van der Waals surface area contributed by atoms with E-state index >= 15 is 0 Å². The van der Waals surface area contributed by atoms with Crippen LogP contribution in [0.15, 0.2) is 60.8 Å². The van der Waals surface area contributed by atoms with Crippen molar-refractivity contribution in [2.45, 2.75) is 238 Å². The van der Waals surface area contributed by atoms with Crippen LogP contribution in [0.25, 0.3) is 0 Å². The SMILES string of the molecule is CCCC/C=C\C/C=C\CCCCCCCC(=O)OCCCCC/C=C\C/C=C\CCCCCCCCCC(=O)NC(CO)C(O)/C=C/CCCCCCCCC. The van der Waals surface area contributed by atoms with Gasteiger partial charge in [-0.2, -0.15) is 0 Å². The second kappa shape index (κ2) is 46.3. The van der Waals surface area contributed by atoms with Crippen molar-refractivity contribution in [1.29, 1.82) is 0 Å². The summed E-state index contributed by atoms with van der Waals surface area (Å²) < 4.78 is 5.43. The number of esters is 1. The van der Waals surface area contributed by atoms with Gasteiger partial charge in [0.1, 0.15) is 0 Å². The lowest BCUT2D eigenvalue weighted by atomic mass is 10.1. The Balaban J connectivity index is 3.54. The second-order valence-corrected chi connectivity index (χ2v) is 16.1. The molecule has 0 aromatic heterocycles. The average Bonchev–Trinajstić information content (AvgIpc) is 3.21. The van der Waals surface area contributed by atoms with Crippen LogP contribution in [0.5, 0.6) is 0 Å². The minimum Gasteiger partial charge on any atom is -0.466 e. The van der Waals surface area contributed by atoms with Gasteiger partial charge in [0.25, 0.3) is 0 Å². The van der Waals surface area contributed by atoms with Gasteiger partial charge in [-0.15, -0.1) is 0 Å². The maximum absolute atomic E-state index is 12.3. The maximum Gasteiger partial charge on any atom is 0.305 e. The Morgan fingerprint density at radius 3 is 1.39 bits per heavy atom. The highest BCUT2D eigenvalue weighted by molar-refractivity contribution is 5.76. The number of carbonyl (C=O) groups is 2. The Kier molecular flexibility index (Phi) is 44.3. The summed E-state index contributed by atoms with van der Waals surface area (Å²) in [7, 11) is 0. The molecule has 1 amide bonds. The fourth-order valence-corrected chi connectivity index (χ4v) is 6.74. The average molecular weight is 798 g/mol. The number of aliphatic hydroxyl groups excluding tert-OH is 2. The summed E-state index contributed by atoms with van der Waals surface area (Å²) in [6.07, 6.45) is 57.9. The van der Waals surface area contributed by atoms with Gasteiger partial charge in [0.15, 0.2) is 0 Å². The summed E-state index contributed by atoms with van der Waals surface area (Å²) in [4.78, 5) is 24.3. The van der Waals surface area contributed by atoms with Crippen LogP contribution < -0.4 is 5.32 Å². The Hall–Kier alpha value is -2.44. The van der Waals surface area contributed by atoms with E-state index in [2.05, 4.69) is 67.8 Å². The number of hydrogen-bond donors (Lipinski definition) is 3. The zero-order valence-corrected chi connectivity index (χ0v) is 37.3. The van der Waals surface area contributed by atoms with Gasteiger partial charge < -0.3 is 20.3 Å². The zero-order chi connectivity index (χ0) is 41.5. The first-order valence-corrected chi connectivity index (χ1v) is 24.1. The summed E-state index contributed by atoms with van der Waals surface area (Å²) in [5, 5.41) is 22.9. The predicted molar refractivity (Wildman–Crippen MR) is 245 cm³/mol. The number of nitrogens with one attached hydrogen (secondary N) is 1. The maximum atomic E-state index is 12.3. The van der Waals surface area contributed by atoms with Crippen LogP contribution in [0.2, 0.25) is 0 Å².